The van der Waals surface area contributed by atoms with Gasteiger partial charge in [-0.3, -0.25) is 24.6 Å². The lowest BCUT2D eigenvalue weighted by Crippen LogP contribution is -2.52. The molecule has 2 atom stereocenters. The van der Waals surface area contributed by atoms with Gasteiger partial charge in [-0.15, -0.1) is 0 Å². The van der Waals surface area contributed by atoms with Crippen LogP contribution >= 0.6 is 0 Å². The minimum absolute atomic E-state index is 0.0981. The van der Waals surface area contributed by atoms with Gasteiger partial charge in [0.05, 0.1) is 0 Å². The van der Waals surface area contributed by atoms with Gasteiger partial charge in [-0.1, -0.05) is 42.5 Å². The number of benzene rings is 2. The fourth-order valence-corrected chi connectivity index (χ4v) is 5.58. The number of imide groups is 1. The number of carbonyl (C=O) groups is 3. The first kappa shape index (κ1) is 23.5. The van der Waals surface area contributed by atoms with E-state index in [1.54, 1.807) is 24.3 Å². The number of piperidine rings is 2. The first-order chi connectivity index (χ1) is 16.7. The highest BCUT2D eigenvalue weighted by Gasteiger charge is 2.45. The second-order valence-electron chi connectivity index (χ2n) is 9.48. The van der Waals surface area contributed by atoms with E-state index in [1.807, 2.05) is 12.1 Å². The van der Waals surface area contributed by atoms with Gasteiger partial charge in [0.1, 0.15) is 12.1 Å². The van der Waals surface area contributed by atoms with Crippen molar-refractivity contribution in [2.45, 2.75) is 56.4 Å². The first-order valence-corrected chi connectivity index (χ1v) is 11.9. The fraction of sp³-hybridized carbons (Fsp3) is 0.423. The zero-order valence-corrected chi connectivity index (χ0v) is 19.1. The van der Waals surface area contributed by atoms with Crippen molar-refractivity contribution in [3.8, 4) is 0 Å². The lowest BCUT2D eigenvalue weighted by atomic mass is 9.87. The number of hydrogen-bond donors (Lipinski definition) is 1. The predicted octanol–water partition coefficient (Wildman–Crippen LogP) is 3.93. The van der Waals surface area contributed by atoms with Crippen LogP contribution in [-0.4, -0.2) is 52.8 Å². The molecule has 0 radical (unpaired) electrons. The Bertz CT molecular complexity index is 1140. The Kier molecular flexibility index (Phi) is 6.13. The average Bonchev–Trinajstić information content (AvgIpc) is 3.15. The molecule has 3 heterocycles. The lowest BCUT2D eigenvalue weighted by Gasteiger charge is -2.38. The second kappa shape index (κ2) is 9.11. The van der Waals surface area contributed by atoms with Crippen molar-refractivity contribution in [3.63, 3.8) is 0 Å². The van der Waals surface area contributed by atoms with Crippen LogP contribution in [0.4, 0.5) is 13.2 Å². The molecule has 0 spiro atoms. The molecule has 6 nitrogen and oxygen atoms in total. The van der Waals surface area contributed by atoms with Gasteiger partial charge >= 0.3 is 6.18 Å². The van der Waals surface area contributed by atoms with E-state index in [9.17, 15) is 27.6 Å². The topological polar surface area (TPSA) is 69.7 Å². The molecular weight excluding hydrogens is 459 g/mol. The molecule has 0 aromatic heterocycles. The molecule has 184 valence electrons. The van der Waals surface area contributed by atoms with Crippen molar-refractivity contribution in [1.82, 2.24) is 15.1 Å². The molecule has 3 amide bonds. The highest BCUT2D eigenvalue weighted by atomic mass is 19.4. The van der Waals surface area contributed by atoms with E-state index in [-0.39, 0.29) is 36.3 Å². The molecule has 0 saturated carbocycles. The van der Waals surface area contributed by atoms with E-state index in [1.165, 1.54) is 21.9 Å². The average molecular weight is 486 g/mol. The predicted molar refractivity (Wildman–Crippen MR) is 121 cm³/mol. The summed E-state index contributed by atoms with van der Waals surface area (Å²) in [6.45, 7) is 0.932. The maximum atomic E-state index is 13.9. The van der Waals surface area contributed by atoms with Gasteiger partial charge in [-0.05, 0) is 61.0 Å². The quantitative estimate of drug-likeness (QED) is 0.667. The summed E-state index contributed by atoms with van der Waals surface area (Å²) in [4.78, 5) is 39.6. The summed E-state index contributed by atoms with van der Waals surface area (Å²) in [6.07, 6.45) is -2.69. The maximum absolute atomic E-state index is 13.9. The van der Waals surface area contributed by atoms with E-state index in [2.05, 4.69) is 5.32 Å². The van der Waals surface area contributed by atoms with E-state index in [4.69, 9.17) is 0 Å². The Labute approximate surface area is 201 Å². The van der Waals surface area contributed by atoms with Crippen LogP contribution in [0.3, 0.4) is 0 Å². The number of carbonyl (C=O) groups excluding carboxylic acids is 3. The number of likely N-dealkylation sites (tertiary alicyclic amines) is 1. The van der Waals surface area contributed by atoms with Gasteiger partial charge in [-0.2, -0.15) is 13.2 Å². The summed E-state index contributed by atoms with van der Waals surface area (Å²) >= 11 is 0. The van der Waals surface area contributed by atoms with Crippen LogP contribution in [0.25, 0.3) is 0 Å². The molecule has 2 aromatic carbocycles. The zero-order chi connectivity index (χ0) is 24.7. The van der Waals surface area contributed by atoms with Gasteiger partial charge in [0.25, 0.3) is 5.91 Å². The second-order valence-corrected chi connectivity index (χ2v) is 9.48. The largest absolute Gasteiger partial charge is 0.408 e. The number of alkyl halides is 3. The fourth-order valence-electron chi connectivity index (χ4n) is 5.58. The van der Waals surface area contributed by atoms with E-state index in [0.717, 1.165) is 11.1 Å². The minimum atomic E-state index is -4.36. The summed E-state index contributed by atoms with van der Waals surface area (Å²) in [5.74, 6) is -0.913. The summed E-state index contributed by atoms with van der Waals surface area (Å²) in [7, 11) is 0. The van der Waals surface area contributed by atoms with Crippen molar-refractivity contribution in [1.29, 1.82) is 0 Å². The molecule has 3 aliphatic rings. The molecule has 2 saturated heterocycles. The van der Waals surface area contributed by atoms with Gasteiger partial charge in [0.2, 0.25) is 11.8 Å². The number of nitrogens with one attached hydrogen (secondary N) is 1. The van der Waals surface area contributed by atoms with Crippen molar-refractivity contribution < 1.29 is 27.6 Å². The smallest absolute Gasteiger partial charge is 0.322 e. The van der Waals surface area contributed by atoms with E-state index >= 15 is 0 Å². The van der Waals surface area contributed by atoms with Crippen LogP contribution in [0.15, 0.2) is 48.5 Å². The Balaban J connectivity index is 1.28. The molecule has 2 aromatic rings. The molecular formula is C26H26F3N3O3. The van der Waals surface area contributed by atoms with Crippen molar-refractivity contribution in [2.24, 2.45) is 0 Å². The third-order valence-electron chi connectivity index (χ3n) is 7.34. The van der Waals surface area contributed by atoms with Crippen molar-refractivity contribution >= 4 is 17.7 Å². The highest BCUT2D eigenvalue weighted by Crippen LogP contribution is 2.41. The van der Waals surface area contributed by atoms with E-state index in [0.29, 0.717) is 37.9 Å². The van der Waals surface area contributed by atoms with Gasteiger partial charge in [0, 0.05) is 18.5 Å². The normalized spacial score (nSPS) is 22.8. The molecule has 9 heteroatoms. The maximum Gasteiger partial charge on any atom is 0.408 e. The molecule has 2 unspecified atom stereocenters. The molecule has 0 aliphatic carbocycles. The van der Waals surface area contributed by atoms with Crippen LogP contribution in [0, 0.1) is 0 Å². The third-order valence-corrected chi connectivity index (χ3v) is 7.34. The Hall–Kier alpha value is -3.20. The summed E-state index contributed by atoms with van der Waals surface area (Å²) in [5.41, 5.74) is 2.61. The number of halogens is 3. The summed E-state index contributed by atoms with van der Waals surface area (Å²) in [5, 5.41) is 2.30. The standard InChI is InChI=1S/C26H26F3N3O3/c27-26(28,29)23(17-4-2-1-3-5-17)31-12-10-16(11-13-31)18-6-7-20-19(14-18)15-32(25(20)35)21-8-9-22(33)30-24(21)34/h1-7,14,16,21,23H,8-13,15H2,(H,30,33,34). The number of hydrogen-bond acceptors (Lipinski definition) is 4. The summed E-state index contributed by atoms with van der Waals surface area (Å²) in [6, 6.07) is 11.3. The number of rotatable bonds is 4. The van der Waals surface area contributed by atoms with E-state index < -0.39 is 24.2 Å². The SMILES string of the molecule is O=C1CCC(N2Cc3cc(C4CCN(C(c5ccccc5)C(F)(F)F)CC4)ccc3C2=O)C(=O)N1. The monoisotopic (exact) mass is 485 g/mol. The first-order valence-electron chi connectivity index (χ1n) is 11.9. The van der Waals surface area contributed by atoms with Crippen molar-refractivity contribution in [3.05, 3.63) is 70.8 Å². The van der Waals surface area contributed by atoms with Crippen LogP contribution in [-0.2, 0) is 16.1 Å². The number of fused-ring (bicyclic) bond motifs is 1. The lowest BCUT2D eigenvalue weighted by molar-refractivity contribution is -0.189. The zero-order valence-electron chi connectivity index (χ0n) is 19.1. The Morgan fingerprint density at radius 2 is 1.66 bits per heavy atom. The van der Waals surface area contributed by atoms with Crippen LogP contribution in [0.5, 0.6) is 0 Å². The molecule has 5 rings (SSSR count). The van der Waals surface area contributed by atoms with Crippen LogP contribution in [0.1, 0.15) is 64.7 Å². The molecule has 2 fully saturated rings. The molecule has 3 aliphatic heterocycles. The van der Waals surface area contributed by atoms with Gasteiger partial charge in [-0.25, -0.2) is 0 Å². The van der Waals surface area contributed by atoms with Crippen LogP contribution in [0.2, 0.25) is 0 Å². The van der Waals surface area contributed by atoms with Crippen molar-refractivity contribution in [2.75, 3.05) is 13.1 Å². The van der Waals surface area contributed by atoms with Crippen LogP contribution < -0.4 is 5.32 Å². The Morgan fingerprint density at radius 1 is 0.943 bits per heavy atom. The van der Waals surface area contributed by atoms with Gasteiger partial charge < -0.3 is 4.90 Å². The Morgan fingerprint density at radius 3 is 2.31 bits per heavy atom. The van der Waals surface area contributed by atoms with Gasteiger partial charge in [0.15, 0.2) is 0 Å². The third kappa shape index (κ3) is 4.57. The molecule has 0 bridgehead atoms. The number of nitrogens with zero attached hydrogens (tertiary/aromatic N) is 2. The molecule has 35 heavy (non-hydrogen) atoms. The number of amides is 3. The summed E-state index contributed by atoms with van der Waals surface area (Å²) < 4.78 is 41.7. The molecule has 1 N–H and O–H groups in total. The highest BCUT2D eigenvalue weighted by molar-refractivity contribution is 6.05. The minimum Gasteiger partial charge on any atom is -0.322 e.